The second kappa shape index (κ2) is 12.2. The summed E-state index contributed by atoms with van der Waals surface area (Å²) < 4.78 is 11.8. The Labute approximate surface area is 230 Å². The van der Waals surface area contributed by atoms with Crippen LogP contribution >= 0.6 is 15.9 Å². The summed E-state index contributed by atoms with van der Waals surface area (Å²) in [5, 5.41) is 5.70. The molecule has 9 heteroatoms. The second-order valence-electron chi connectivity index (χ2n) is 9.37. The maximum atomic E-state index is 13.5. The molecule has 0 atom stereocenters. The van der Waals surface area contributed by atoms with E-state index in [-0.39, 0.29) is 29.6 Å². The number of quaternary nitrogens is 1. The number of hydrogen-bond donors (Lipinski definition) is 2. The number of halogens is 1. The third kappa shape index (κ3) is 6.59. The average molecular weight is 581 g/mol. The summed E-state index contributed by atoms with van der Waals surface area (Å²) in [5.74, 6) is 0.290. The lowest BCUT2D eigenvalue weighted by molar-refractivity contribution is -0.858. The lowest BCUT2D eigenvalue weighted by Gasteiger charge is -2.31. The van der Waals surface area contributed by atoms with Gasteiger partial charge in [-0.25, -0.2) is 18.9 Å². The molecule has 0 spiro atoms. The molecule has 3 aromatic rings. The number of amides is 3. The van der Waals surface area contributed by atoms with E-state index in [1.165, 1.54) is 7.11 Å². The first-order valence-electron chi connectivity index (χ1n) is 12.4. The number of methoxy groups -OCH3 is 1. The van der Waals surface area contributed by atoms with Gasteiger partial charge in [-0.2, -0.15) is 0 Å². The molecule has 0 aliphatic carbocycles. The van der Waals surface area contributed by atoms with Gasteiger partial charge in [0, 0.05) is 23.0 Å². The number of benzene rings is 3. The van der Waals surface area contributed by atoms with Gasteiger partial charge >= 0.3 is 17.9 Å². The molecular weight excluding hydrogens is 550 g/mol. The molecule has 4 rings (SSSR count). The van der Waals surface area contributed by atoms with E-state index in [1.54, 1.807) is 24.3 Å². The normalized spacial score (nSPS) is 14.0. The molecule has 1 aliphatic heterocycles. The number of ether oxygens (including phenoxy) is 2. The Kier molecular flexibility index (Phi) is 8.81. The van der Waals surface area contributed by atoms with Crippen LogP contribution in [0.3, 0.4) is 0 Å². The second-order valence-corrected chi connectivity index (χ2v) is 10.2. The third-order valence-electron chi connectivity index (χ3n) is 6.72. The summed E-state index contributed by atoms with van der Waals surface area (Å²) in [6.07, 6.45) is 2.20. The van der Waals surface area contributed by atoms with Crippen LogP contribution in [0.1, 0.15) is 34.3 Å². The van der Waals surface area contributed by atoms with E-state index in [2.05, 4.69) is 26.6 Å². The summed E-state index contributed by atoms with van der Waals surface area (Å²) in [6.45, 7) is 3.60. The molecule has 0 unspecified atom stereocenters. The van der Waals surface area contributed by atoms with Crippen LogP contribution in [0, 0.1) is 6.92 Å². The van der Waals surface area contributed by atoms with Gasteiger partial charge in [0.15, 0.2) is 0 Å². The summed E-state index contributed by atoms with van der Waals surface area (Å²) >= 11 is 3.42. The van der Waals surface area contributed by atoms with Gasteiger partial charge in [-0.05, 0) is 76.4 Å². The highest BCUT2D eigenvalue weighted by Gasteiger charge is 2.40. The smallest absolute Gasteiger partial charge is 0.337 e. The van der Waals surface area contributed by atoms with Crippen LogP contribution in [0.2, 0.25) is 0 Å². The number of nitrogens with one attached hydrogen (secondary N) is 2. The van der Waals surface area contributed by atoms with Gasteiger partial charge in [0.05, 0.1) is 37.9 Å². The van der Waals surface area contributed by atoms with Crippen molar-refractivity contribution in [2.24, 2.45) is 0 Å². The van der Waals surface area contributed by atoms with Gasteiger partial charge in [-0.3, -0.25) is 0 Å². The number of carbonyl (C=O) groups is 3. The fourth-order valence-electron chi connectivity index (χ4n) is 4.55. The molecule has 3 amide bonds. The first-order valence-corrected chi connectivity index (χ1v) is 13.2. The van der Waals surface area contributed by atoms with Crippen molar-refractivity contribution in [2.45, 2.75) is 26.2 Å². The number of carbonyl (C=O) groups excluding carboxylic acids is 3. The van der Waals surface area contributed by atoms with Crippen molar-refractivity contribution in [1.82, 2.24) is 0 Å². The molecule has 8 nitrogen and oxygen atoms in total. The fourth-order valence-corrected chi connectivity index (χ4v) is 4.94. The van der Waals surface area contributed by atoms with E-state index in [1.807, 2.05) is 49.4 Å². The largest absolute Gasteiger partial charge is 0.465 e. The van der Waals surface area contributed by atoms with Crippen LogP contribution in [-0.2, 0) is 16.0 Å². The maximum Gasteiger partial charge on any atom is 0.337 e. The van der Waals surface area contributed by atoms with E-state index in [0.717, 1.165) is 41.5 Å². The Balaban J connectivity index is 1.38. The highest BCUT2D eigenvalue weighted by atomic mass is 79.9. The van der Waals surface area contributed by atoms with E-state index in [0.29, 0.717) is 22.7 Å². The first-order chi connectivity index (χ1) is 18.3. The van der Waals surface area contributed by atoms with Crippen molar-refractivity contribution >= 4 is 45.2 Å². The molecule has 1 fully saturated rings. The van der Waals surface area contributed by atoms with Gasteiger partial charge in [0.1, 0.15) is 5.75 Å². The number of hydrogen-bond acceptors (Lipinski definition) is 5. The summed E-state index contributed by atoms with van der Waals surface area (Å²) in [6, 6.07) is 19.4. The highest BCUT2D eigenvalue weighted by Crippen LogP contribution is 2.26. The molecule has 1 heterocycles. The average Bonchev–Trinajstić information content (AvgIpc) is 3.41. The lowest BCUT2D eigenvalue weighted by Crippen LogP contribution is -2.53. The van der Waals surface area contributed by atoms with Gasteiger partial charge in [0.2, 0.25) is 6.73 Å². The minimum Gasteiger partial charge on any atom is -0.465 e. The molecule has 0 saturated carbocycles. The van der Waals surface area contributed by atoms with Crippen molar-refractivity contribution in [3.8, 4) is 5.75 Å². The standard InChI is InChI=1S/C29H30BrN3O5/c1-20-17-21(9-14-25(20)31-29(36)32-26-8-4-3-7-24(26)30)18-27(34)33(15-5-6-16-33)19-38-23-12-10-22(11-13-23)28(35)37-2/h3-4,7-14,17H,5-6,15-16,18-19H2,1-2H3,(H-,31,32,36)/p+1. The monoisotopic (exact) mass is 580 g/mol. The predicted octanol–water partition coefficient (Wildman–Crippen LogP) is 5.90. The molecular formula is C29H31BrN3O5+. The SMILES string of the molecule is COC(=O)c1ccc(OC[N+]2(C(=O)Cc3ccc(NC(=O)Nc4ccccc4Br)c(C)c3)CCCC2)cc1. The van der Waals surface area contributed by atoms with E-state index < -0.39 is 5.97 Å². The molecule has 2 N–H and O–H groups in total. The summed E-state index contributed by atoms with van der Waals surface area (Å²) in [5.41, 5.74) is 3.55. The predicted molar refractivity (Wildman–Crippen MR) is 149 cm³/mol. The molecule has 38 heavy (non-hydrogen) atoms. The Morgan fingerprint density at radius 3 is 2.26 bits per heavy atom. The van der Waals surface area contributed by atoms with E-state index in [4.69, 9.17) is 9.47 Å². The highest BCUT2D eigenvalue weighted by molar-refractivity contribution is 9.10. The lowest BCUT2D eigenvalue weighted by atomic mass is 10.1. The molecule has 0 radical (unpaired) electrons. The Morgan fingerprint density at radius 2 is 1.61 bits per heavy atom. The molecule has 198 valence electrons. The van der Waals surface area contributed by atoms with Crippen molar-refractivity contribution in [2.75, 3.05) is 37.6 Å². The summed E-state index contributed by atoms with van der Waals surface area (Å²) in [7, 11) is 1.34. The molecule has 3 aromatic carbocycles. The van der Waals surface area contributed by atoms with Crippen LogP contribution < -0.4 is 15.4 Å². The minimum atomic E-state index is -0.406. The molecule has 1 aliphatic rings. The van der Waals surface area contributed by atoms with Crippen molar-refractivity contribution in [3.05, 3.63) is 87.9 Å². The molecule has 1 saturated heterocycles. The Bertz CT molecular complexity index is 1320. The zero-order chi connectivity index (χ0) is 27.1. The topological polar surface area (TPSA) is 93.7 Å². The number of rotatable bonds is 8. The maximum absolute atomic E-state index is 13.5. The van der Waals surface area contributed by atoms with E-state index >= 15 is 0 Å². The van der Waals surface area contributed by atoms with Crippen LogP contribution in [0.5, 0.6) is 5.75 Å². The van der Waals surface area contributed by atoms with Crippen molar-refractivity contribution in [1.29, 1.82) is 0 Å². The van der Waals surface area contributed by atoms with Crippen LogP contribution in [-0.4, -0.2) is 49.3 Å². The van der Waals surface area contributed by atoms with Crippen molar-refractivity contribution < 1.29 is 28.3 Å². The van der Waals surface area contributed by atoms with Crippen LogP contribution in [0.15, 0.2) is 71.2 Å². The number of anilines is 2. The van der Waals surface area contributed by atoms with Gasteiger partial charge < -0.3 is 20.1 Å². The fraction of sp³-hybridized carbons (Fsp3) is 0.276. The molecule has 0 bridgehead atoms. The number of urea groups is 1. The number of aryl methyl sites for hydroxylation is 1. The Morgan fingerprint density at radius 1 is 0.921 bits per heavy atom. The molecule has 0 aromatic heterocycles. The Hall–Kier alpha value is -3.69. The van der Waals surface area contributed by atoms with Crippen molar-refractivity contribution in [3.63, 3.8) is 0 Å². The number of esters is 1. The zero-order valence-corrected chi connectivity index (χ0v) is 23.0. The van der Waals surface area contributed by atoms with Crippen LogP contribution in [0.4, 0.5) is 16.2 Å². The number of para-hydroxylation sites is 1. The van der Waals surface area contributed by atoms with Gasteiger partial charge in [-0.1, -0.05) is 24.3 Å². The third-order valence-corrected chi connectivity index (χ3v) is 7.41. The number of likely N-dealkylation sites (tertiary alicyclic amines) is 1. The quantitative estimate of drug-likeness (QED) is 0.255. The zero-order valence-electron chi connectivity index (χ0n) is 21.5. The number of nitrogens with zero attached hydrogens (tertiary/aromatic N) is 1. The van der Waals surface area contributed by atoms with Gasteiger partial charge in [0.25, 0.3) is 0 Å². The minimum absolute atomic E-state index is 0.0976. The first kappa shape index (κ1) is 27.3. The van der Waals surface area contributed by atoms with Crippen LogP contribution in [0.25, 0.3) is 0 Å². The van der Waals surface area contributed by atoms with E-state index in [9.17, 15) is 14.4 Å². The van der Waals surface area contributed by atoms with Gasteiger partial charge in [-0.15, -0.1) is 0 Å². The summed E-state index contributed by atoms with van der Waals surface area (Å²) in [4.78, 5) is 37.6.